The molecular formula is C13H19NO3. The average Bonchev–Trinajstić information content (AvgIpc) is 2.83. The zero-order valence-corrected chi connectivity index (χ0v) is 9.89. The second-order valence-corrected chi connectivity index (χ2v) is 4.67. The van der Waals surface area contributed by atoms with Crippen LogP contribution in [0.1, 0.15) is 31.4 Å². The van der Waals surface area contributed by atoms with E-state index in [1.807, 2.05) is 12.1 Å². The van der Waals surface area contributed by atoms with E-state index in [1.54, 1.807) is 6.26 Å². The first kappa shape index (κ1) is 12.2. The summed E-state index contributed by atoms with van der Waals surface area (Å²) in [5, 5.41) is 12.4. The largest absolute Gasteiger partial charge is 0.481 e. The zero-order valence-electron chi connectivity index (χ0n) is 9.89. The highest BCUT2D eigenvalue weighted by molar-refractivity contribution is 5.70. The smallest absolute Gasteiger partial charge is 0.306 e. The molecule has 1 aliphatic carbocycles. The van der Waals surface area contributed by atoms with E-state index in [4.69, 9.17) is 9.52 Å². The number of nitrogens with one attached hydrogen (secondary N) is 1. The lowest BCUT2D eigenvalue weighted by atomic mass is 9.86. The molecule has 1 fully saturated rings. The van der Waals surface area contributed by atoms with Gasteiger partial charge in [0.1, 0.15) is 5.76 Å². The molecule has 1 heterocycles. The van der Waals surface area contributed by atoms with Crippen molar-refractivity contribution < 1.29 is 14.3 Å². The predicted molar refractivity (Wildman–Crippen MR) is 63.8 cm³/mol. The summed E-state index contributed by atoms with van der Waals surface area (Å²) in [4.78, 5) is 10.8. The molecule has 1 aromatic rings. The quantitative estimate of drug-likeness (QED) is 0.822. The highest BCUT2D eigenvalue weighted by Gasteiger charge is 2.25. The number of furan rings is 1. The Labute approximate surface area is 101 Å². The van der Waals surface area contributed by atoms with Gasteiger partial charge in [0.2, 0.25) is 0 Å². The zero-order chi connectivity index (χ0) is 12.1. The number of carboxylic acids is 1. The monoisotopic (exact) mass is 237 g/mol. The van der Waals surface area contributed by atoms with Gasteiger partial charge in [-0.3, -0.25) is 4.79 Å². The molecule has 0 saturated heterocycles. The van der Waals surface area contributed by atoms with Crippen LogP contribution in [0, 0.1) is 5.92 Å². The van der Waals surface area contributed by atoms with E-state index in [-0.39, 0.29) is 5.92 Å². The molecule has 17 heavy (non-hydrogen) atoms. The molecular weight excluding hydrogens is 218 g/mol. The number of aliphatic carboxylic acids is 1. The van der Waals surface area contributed by atoms with Crippen molar-refractivity contribution in [3.05, 3.63) is 24.2 Å². The lowest BCUT2D eigenvalue weighted by molar-refractivity contribution is -0.142. The summed E-state index contributed by atoms with van der Waals surface area (Å²) in [6, 6.07) is 4.34. The van der Waals surface area contributed by atoms with Crippen LogP contribution in [-0.2, 0) is 11.2 Å². The average molecular weight is 237 g/mol. The van der Waals surface area contributed by atoms with Gasteiger partial charge in [-0.2, -0.15) is 0 Å². The minimum absolute atomic E-state index is 0.127. The maximum absolute atomic E-state index is 10.8. The molecule has 0 bridgehead atoms. The van der Waals surface area contributed by atoms with Gasteiger partial charge in [-0.05, 0) is 37.8 Å². The molecule has 1 saturated carbocycles. The van der Waals surface area contributed by atoms with Crippen LogP contribution < -0.4 is 5.32 Å². The van der Waals surface area contributed by atoms with Crippen molar-refractivity contribution in [3.63, 3.8) is 0 Å². The Morgan fingerprint density at radius 1 is 1.41 bits per heavy atom. The SMILES string of the molecule is O=C(O)C1CCC(NCCc2ccco2)CC1. The molecule has 1 aliphatic rings. The third-order valence-electron chi connectivity index (χ3n) is 3.46. The summed E-state index contributed by atoms with van der Waals surface area (Å²) < 4.78 is 5.25. The lowest BCUT2D eigenvalue weighted by Gasteiger charge is -2.26. The molecule has 1 aromatic heterocycles. The highest BCUT2D eigenvalue weighted by atomic mass is 16.4. The third-order valence-corrected chi connectivity index (χ3v) is 3.46. The molecule has 2 rings (SSSR count). The molecule has 4 nitrogen and oxygen atoms in total. The number of hydrogen-bond donors (Lipinski definition) is 2. The van der Waals surface area contributed by atoms with Crippen molar-refractivity contribution >= 4 is 5.97 Å². The molecule has 0 radical (unpaired) electrons. The van der Waals surface area contributed by atoms with E-state index in [0.717, 1.165) is 44.4 Å². The third kappa shape index (κ3) is 3.60. The van der Waals surface area contributed by atoms with Gasteiger partial charge in [0.05, 0.1) is 12.2 Å². The first-order valence-corrected chi connectivity index (χ1v) is 6.24. The Hall–Kier alpha value is -1.29. The normalized spacial score (nSPS) is 24.7. The van der Waals surface area contributed by atoms with Gasteiger partial charge in [0.25, 0.3) is 0 Å². The van der Waals surface area contributed by atoms with E-state index in [9.17, 15) is 4.79 Å². The molecule has 4 heteroatoms. The fraction of sp³-hybridized carbons (Fsp3) is 0.615. The molecule has 0 unspecified atom stereocenters. The maximum atomic E-state index is 10.8. The standard InChI is InChI=1S/C13H19NO3/c15-13(16)10-3-5-11(6-4-10)14-8-7-12-2-1-9-17-12/h1-2,9-11,14H,3-8H2,(H,15,16). The van der Waals surface area contributed by atoms with E-state index < -0.39 is 5.97 Å². The van der Waals surface area contributed by atoms with Crippen LogP contribution >= 0.6 is 0 Å². The van der Waals surface area contributed by atoms with Crippen molar-refractivity contribution in [2.24, 2.45) is 5.92 Å². The number of rotatable bonds is 5. The molecule has 0 aromatic carbocycles. The van der Waals surface area contributed by atoms with Gasteiger partial charge in [0.15, 0.2) is 0 Å². The van der Waals surface area contributed by atoms with Gasteiger partial charge in [-0.25, -0.2) is 0 Å². The van der Waals surface area contributed by atoms with Crippen molar-refractivity contribution in [1.82, 2.24) is 5.32 Å². The molecule has 0 spiro atoms. The highest BCUT2D eigenvalue weighted by Crippen LogP contribution is 2.24. The molecule has 0 aliphatic heterocycles. The lowest BCUT2D eigenvalue weighted by Crippen LogP contribution is -2.35. The summed E-state index contributed by atoms with van der Waals surface area (Å²) in [7, 11) is 0. The van der Waals surface area contributed by atoms with Crippen LogP contribution in [-0.4, -0.2) is 23.7 Å². The fourth-order valence-electron chi connectivity index (χ4n) is 2.40. The number of carboxylic acid groups (broad SMARTS) is 1. The Balaban J connectivity index is 1.63. The van der Waals surface area contributed by atoms with Crippen LogP contribution in [0.5, 0.6) is 0 Å². The first-order valence-electron chi connectivity index (χ1n) is 6.24. The Kier molecular flexibility index (Phi) is 4.20. The van der Waals surface area contributed by atoms with Gasteiger partial charge >= 0.3 is 5.97 Å². The van der Waals surface area contributed by atoms with Crippen molar-refractivity contribution in [2.75, 3.05) is 6.54 Å². The number of carbonyl (C=O) groups is 1. The van der Waals surface area contributed by atoms with Crippen molar-refractivity contribution in [1.29, 1.82) is 0 Å². The van der Waals surface area contributed by atoms with E-state index >= 15 is 0 Å². The Bertz CT molecular complexity index is 340. The fourth-order valence-corrected chi connectivity index (χ4v) is 2.40. The maximum Gasteiger partial charge on any atom is 0.306 e. The van der Waals surface area contributed by atoms with Gasteiger partial charge < -0.3 is 14.8 Å². The van der Waals surface area contributed by atoms with Crippen LogP contribution in [0.4, 0.5) is 0 Å². The predicted octanol–water partition coefficient (Wildman–Crippen LogP) is 2.06. The molecule has 2 N–H and O–H groups in total. The summed E-state index contributed by atoms with van der Waals surface area (Å²) in [5.74, 6) is 0.230. The minimum Gasteiger partial charge on any atom is -0.481 e. The Morgan fingerprint density at radius 3 is 2.76 bits per heavy atom. The van der Waals surface area contributed by atoms with Crippen LogP contribution in [0.2, 0.25) is 0 Å². The Morgan fingerprint density at radius 2 is 2.18 bits per heavy atom. The summed E-state index contributed by atoms with van der Waals surface area (Å²) in [6.45, 7) is 0.899. The second-order valence-electron chi connectivity index (χ2n) is 4.67. The van der Waals surface area contributed by atoms with Crippen LogP contribution in [0.25, 0.3) is 0 Å². The van der Waals surface area contributed by atoms with Crippen LogP contribution in [0.3, 0.4) is 0 Å². The van der Waals surface area contributed by atoms with Crippen molar-refractivity contribution in [3.8, 4) is 0 Å². The van der Waals surface area contributed by atoms with Crippen LogP contribution in [0.15, 0.2) is 22.8 Å². The number of hydrogen-bond acceptors (Lipinski definition) is 3. The first-order chi connectivity index (χ1) is 8.25. The molecule has 0 atom stereocenters. The van der Waals surface area contributed by atoms with Gasteiger partial charge in [-0.15, -0.1) is 0 Å². The van der Waals surface area contributed by atoms with Gasteiger partial charge in [0, 0.05) is 19.0 Å². The van der Waals surface area contributed by atoms with Gasteiger partial charge in [-0.1, -0.05) is 0 Å². The molecule has 0 amide bonds. The van der Waals surface area contributed by atoms with Crippen molar-refractivity contribution in [2.45, 2.75) is 38.1 Å². The molecule has 94 valence electrons. The summed E-state index contributed by atoms with van der Waals surface area (Å²) in [5.41, 5.74) is 0. The van der Waals surface area contributed by atoms with E-state index in [1.165, 1.54) is 0 Å². The van der Waals surface area contributed by atoms with E-state index in [2.05, 4.69) is 5.32 Å². The second kappa shape index (κ2) is 5.87. The van der Waals surface area contributed by atoms with E-state index in [0.29, 0.717) is 6.04 Å². The summed E-state index contributed by atoms with van der Waals surface area (Å²) >= 11 is 0. The topological polar surface area (TPSA) is 62.5 Å². The summed E-state index contributed by atoms with van der Waals surface area (Å²) in [6.07, 6.45) is 6.12. The minimum atomic E-state index is -0.640.